The zero-order valence-electron chi connectivity index (χ0n) is 17.2. The van der Waals surface area contributed by atoms with Gasteiger partial charge in [0, 0.05) is 50.2 Å². The molecule has 1 aromatic heterocycles. The topological polar surface area (TPSA) is 52.1 Å². The molecule has 2 saturated heterocycles. The van der Waals surface area contributed by atoms with E-state index in [1.165, 1.54) is 24.3 Å². The zero-order valence-corrected chi connectivity index (χ0v) is 20.4. The quantitative estimate of drug-likeness (QED) is 0.329. The van der Waals surface area contributed by atoms with Gasteiger partial charge >= 0.3 is 0 Å². The molecule has 2 N–H and O–H groups in total. The Bertz CT molecular complexity index is 565. The van der Waals surface area contributed by atoms with Crippen LogP contribution in [0.2, 0.25) is 0 Å². The summed E-state index contributed by atoms with van der Waals surface area (Å²) in [4.78, 5) is 11.4. The van der Waals surface area contributed by atoms with E-state index in [1.54, 1.807) is 0 Å². The molecular weight excluding hydrogens is 485 g/mol. The van der Waals surface area contributed by atoms with Crippen molar-refractivity contribution in [2.75, 3.05) is 66.1 Å². The van der Waals surface area contributed by atoms with Crippen molar-refractivity contribution >= 4 is 41.3 Å². The van der Waals surface area contributed by atoms with Gasteiger partial charge in [-0.25, -0.2) is 0 Å². The Kier molecular flexibility index (Phi) is 11.1. The minimum atomic E-state index is 0. The second-order valence-corrected chi connectivity index (χ2v) is 8.42. The molecule has 6 nitrogen and oxygen atoms in total. The Morgan fingerprint density at radius 1 is 1.29 bits per heavy atom. The third-order valence-corrected chi connectivity index (χ3v) is 6.44. The minimum Gasteiger partial charge on any atom is -0.379 e. The average Bonchev–Trinajstić information content (AvgIpc) is 3.21. The van der Waals surface area contributed by atoms with Crippen LogP contribution in [-0.4, -0.2) is 81.8 Å². The van der Waals surface area contributed by atoms with E-state index in [-0.39, 0.29) is 24.0 Å². The molecule has 0 amide bonds. The van der Waals surface area contributed by atoms with Crippen molar-refractivity contribution < 1.29 is 4.74 Å². The van der Waals surface area contributed by atoms with Crippen molar-refractivity contribution in [3.63, 3.8) is 0 Å². The van der Waals surface area contributed by atoms with Gasteiger partial charge in [0.15, 0.2) is 5.96 Å². The fraction of sp³-hybridized carbons (Fsp3) is 0.750. The first-order valence-corrected chi connectivity index (χ1v) is 11.2. The molecule has 2 aliphatic heterocycles. The minimum absolute atomic E-state index is 0. The number of nitrogens with zero attached hydrogens (tertiary/aromatic N) is 3. The number of guanidine groups is 1. The lowest BCUT2D eigenvalue weighted by molar-refractivity contribution is 0.0389. The van der Waals surface area contributed by atoms with Crippen LogP contribution < -0.4 is 10.6 Å². The highest BCUT2D eigenvalue weighted by molar-refractivity contribution is 14.0. The molecule has 2 aliphatic rings. The maximum atomic E-state index is 5.42. The number of likely N-dealkylation sites (tertiary alicyclic amines) is 1. The summed E-state index contributed by atoms with van der Waals surface area (Å²) >= 11 is 1.87. The predicted molar refractivity (Wildman–Crippen MR) is 129 cm³/mol. The molecule has 2 unspecified atom stereocenters. The van der Waals surface area contributed by atoms with E-state index in [4.69, 9.17) is 9.73 Å². The first-order chi connectivity index (χ1) is 13.3. The van der Waals surface area contributed by atoms with Gasteiger partial charge in [0.1, 0.15) is 0 Å². The molecule has 0 aliphatic carbocycles. The van der Waals surface area contributed by atoms with Crippen LogP contribution in [0.5, 0.6) is 0 Å². The van der Waals surface area contributed by atoms with Gasteiger partial charge in [-0.3, -0.25) is 14.8 Å². The lowest BCUT2D eigenvalue weighted by atomic mass is 9.88. The van der Waals surface area contributed by atoms with E-state index < -0.39 is 0 Å². The van der Waals surface area contributed by atoms with Gasteiger partial charge in [0.25, 0.3) is 0 Å². The van der Waals surface area contributed by atoms with Crippen molar-refractivity contribution in [3.8, 4) is 0 Å². The number of nitrogens with one attached hydrogen (secondary N) is 2. The number of morpholine rings is 1. The van der Waals surface area contributed by atoms with Gasteiger partial charge in [-0.2, -0.15) is 0 Å². The first kappa shape index (κ1) is 23.9. The monoisotopic (exact) mass is 521 g/mol. The Morgan fingerprint density at radius 2 is 2.11 bits per heavy atom. The zero-order chi connectivity index (χ0) is 18.9. The number of ether oxygens (including phenoxy) is 1. The summed E-state index contributed by atoms with van der Waals surface area (Å²) in [7, 11) is 2.26. The molecule has 0 bridgehead atoms. The van der Waals surface area contributed by atoms with Gasteiger partial charge in [0.05, 0.1) is 13.2 Å². The Balaban J connectivity index is 0.00000280. The normalized spacial score (nSPS) is 24.6. The lowest BCUT2D eigenvalue weighted by Gasteiger charge is -2.38. The van der Waals surface area contributed by atoms with E-state index in [9.17, 15) is 0 Å². The third-order valence-electron chi connectivity index (χ3n) is 5.49. The summed E-state index contributed by atoms with van der Waals surface area (Å²) in [6.07, 6.45) is 2.52. The van der Waals surface area contributed by atoms with Gasteiger partial charge in [-0.05, 0) is 50.7 Å². The summed E-state index contributed by atoms with van der Waals surface area (Å²) in [6.45, 7) is 10.8. The van der Waals surface area contributed by atoms with E-state index in [0.29, 0.717) is 12.0 Å². The van der Waals surface area contributed by atoms with Crippen molar-refractivity contribution in [2.24, 2.45) is 10.9 Å². The van der Waals surface area contributed by atoms with Crippen LogP contribution in [0, 0.1) is 5.92 Å². The van der Waals surface area contributed by atoms with Crippen LogP contribution >= 0.6 is 35.3 Å². The Hall–Kier alpha value is -0.420. The number of hydrogen-bond acceptors (Lipinski definition) is 5. The smallest absolute Gasteiger partial charge is 0.191 e. The highest BCUT2D eigenvalue weighted by atomic mass is 127. The summed E-state index contributed by atoms with van der Waals surface area (Å²) in [5.41, 5.74) is 0. The van der Waals surface area contributed by atoms with Crippen LogP contribution in [0.25, 0.3) is 0 Å². The molecule has 0 radical (unpaired) electrons. The average molecular weight is 522 g/mol. The van der Waals surface area contributed by atoms with Crippen molar-refractivity contribution in [2.45, 2.75) is 25.8 Å². The van der Waals surface area contributed by atoms with Crippen LogP contribution in [0.15, 0.2) is 22.5 Å². The molecule has 2 fully saturated rings. The van der Waals surface area contributed by atoms with Gasteiger partial charge in [-0.1, -0.05) is 6.07 Å². The second kappa shape index (κ2) is 13.0. The Labute approximate surface area is 191 Å². The summed E-state index contributed by atoms with van der Waals surface area (Å²) < 4.78 is 5.42. The molecule has 8 heteroatoms. The van der Waals surface area contributed by atoms with Crippen LogP contribution in [0.1, 0.15) is 30.7 Å². The van der Waals surface area contributed by atoms with E-state index in [0.717, 1.165) is 58.4 Å². The Morgan fingerprint density at radius 3 is 2.82 bits per heavy atom. The van der Waals surface area contributed by atoms with Crippen molar-refractivity contribution in [1.82, 2.24) is 20.4 Å². The molecule has 3 heterocycles. The molecule has 0 saturated carbocycles. The van der Waals surface area contributed by atoms with Crippen LogP contribution in [0.4, 0.5) is 0 Å². The molecule has 1 aromatic rings. The summed E-state index contributed by atoms with van der Waals surface area (Å²) in [5, 5.41) is 9.11. The number of halogens is 1. The van der Waals surface area contributed by atoms with Gasteiger partial charge in [-0.15, -0.1) is 35.3 Å². The van der Waals surface area contributed by atoms with E-state index >= 15 is 0 Å². The van der Waals surface area contributed by atoms with Crippen LogP contribution in [-0.2, 0) is 4.74 Å². The molecule has 2 atom stereocenters. The number of aliphatic imine (C=N–C) groups is 1. The summed E-state index contributed by atoms with van der Waals surface area (Å²) in [6, 6.07) is 4.94. The first-order valence-electron chi connectivity index (χ1n) is 10.3. The largest absolute Gasteiger partial charge is 0.379 e. The van der Waals surface area contributed by atoms with Crippen molar-refractivity contribution in [3.05, 3.63) is 22.4 Å². The molecule has 0 spiro atoms. The number of piperidine rings is 1. The highest BCUT2D eigenvalue weighted by Crippen LogP contribution is 2.37. The molecule has 28 heavy (non-hydrogen) atoms. The standard InChI is InChI=1S/C20H35N5OS.HI/c1-3-21-20(22-8-10-25-11-13-26-14-12-25)23-16-17-6-4-9-24(2)19(17)18-7-5-15-27-18;/h5,7,15,17,19H,3-4,6,8-14,16H2,1-2H3,(H2,21,22,23);1H. The number of thiophene rings is 1. The highest BCUT2D eigenvalue weighted by Gasteiger charge is 2.31. The summed E-state index contributed by atoms with van der Waals surface area (Å²) in [5.74, 6) is 1.53. The van der Waals surface area contributed by atoms with Gasteiger partial charge < -0.3 is 15.4 Å². The maximum Gasteiger partial charge on any atom is 0.191 e. The van der Waals surface area contributed by atoms with Crippen molar-refractivity contribution in [1.29, 1.82) is 0 Å². The van der Waals surface area contributed by atoms with Gasteiger partial charge in [0.2, 0.25) is 0 Å². The maximum absolute atomic E-state index is 5.42. The van der Waals surface area contributed by atoms with E-state index in [1.807, 2.05) is 11.3 Å². The van der Waals surface area contributed by atoms with Crippen LogP contribution in [0.3, 0.4) is 0 Å². The molecule has 3 rings (SSSR count). The molecular formula is C20H36IN5OS. The molecule has 160 valence electrons. The lowest BCUT2D eigenvalue weighted by Crippen LogP contribution is -2.45. The third kappa shape index (κ3) is 7.12. The molecule has 0 aromatic carbocycles. The van der Waals surface area contributed by atoms with E-state index in [2.05, 4.69) is 51.9 Å². The second-order valence-electron chi connectivity index (χ2n) is 7.44. The number of hydrogen-bond donors (Lipinski definition) is 2. The number of rotatable bonds is 7. The fourth-order valence-electron chi connectivity index (χ4n) is 4.07. The SMILES string of the molecule is CCNC(=NCC1CCCN(C)C1c1cccs1)NCCN1CCOCC1.I. The fourth-order valence-corrected chi connectivity index (χ4v) is 5.05. The predicted octanol–water partition coefficient (Wildman–Crippen LogP) is 2.64.